The normalized spacial score (nSPS) is 20.8. The molecule has 0 aliphatic carbocycles. The highest BCUT2D eigenvalue weighted by Gasteiger charge is 2.37. The van der Waals surface area contributed by atoms with Gasteiger partial charge in [-0.05, 0) is 25.5 Å². The summed E-state index contributed by atoms with van der Waals surface area (Å²) in [5.41, 5.74) is -0.0136. The van der Waals surface area contributed by atoms with Crippen LogP contribution in [0.3, 0.4) is 0 Å². The number of cyclic esters (lactones) is 1. The predicted molar refractivity (Wildman–Crippen MR) is 99.6 cm³/mol. The molecule has 3 heterocycles. The fourth-order valence-electron chi connectivity index (χ4n) is 3.46. The average molecular weight is 395 g/mol. The molecular formula is C17H25N5O4S. The Morgan fingerprint density at radius 1 is 1.30 bits per heavy atom. The number of carbonyl (C=O) groups excluding carboxylic acids is 2. The summed E-state index contributed by atoms with van der Waals surface area (Å²) < 4.78 is 5.33. The molecule has 0 spiro atoms. The summed E-state index contributed by atoms with van der Waals surface area (Å²) in [5, 5.41) is 8.28. The van der Waals surface area contributed by atoms with E-state index in [9.17, 15) is 14.4 Å². The summed E-state index contributed by atoms with van der Waals surface area (Å²) in [6, 6.07) is 0.130. The van der Waals surface area contributed by atoms with Crippen LogP contribution in [0.25, 0.3) is 0 Å². The summed E-state index contributed by atoms with van der Waals surface area (Å²) in [6.07, 6.45) is 4.36. The lowest BCUT2D eigenvalue weighted by Crippen LogP contribution is -2.47. The molecule has 0 saturated carbocycles. The quantitative estimate of drug-likeness (QED) is 0.717. The number of piperidine rings is 1. The van der Waals surface area contributed by atoms with Gasteiger partial charge in [-0.3, -0.25) is 14.6 Å². The molecule has 10 heteroatoms. The molecule has 0 radical (unpaired) electrons. The Morgan fingerprint density at radius 2 is 2.04 bits per heavy atom. The summed E-state index contributed by atoms with van der Waals surface area (Å²) in [6.45, 7) is 3.86. The van der Waals surface area contributed by atoms with Crippen LogP contribution in [-0.4, -0.2) is 75.0 Å². The van der Waals surface area contributed by atoms with Gasteiger partial charge in [0.2, 0.25) is 5.91 Å². The Balaban J connectivity index is 1.47. The zero-order chi connectivity index (χ0) is 19.4. The SMILES string of the molecule is CCC1CN(C2CCN(C(=O)CCc3nnc(SC)[nH]c3=O)CC2)C(=O)O1. The van der Waals surface area contributed by atoms with E-state index in [0.717, 1.165) is 19.3 Å². The molecule has 1 N–H and O–H groups in total. The molecule has 0 aromatic carbocycles. The van der Waals surface area contributed by atoms with Crippen LogP contribution < -0.4 is 5.56 Å². The van der Waals surface area contributed by atoms with Crippen molar-refractivity contribution in [2.75, 3.05) is 25.9 Å². The number of H-pyrrole nitrogens is 1. The van der Waals surface area contributed by atoms with Gasteiger partial charge in [0.05, 0.1) is 6.54 Å². The van der Waals surface area contributed by atoms with Crippen LogP contribution in [0.5, 0.6) is 0 Å². The molecule has 2 aliphatic heterocycles. The van der Waals surface area contributed by atoms with Crippen molar-refractivity contribution < 1.29 is 14.3 Å². The topological polar surface area (TPSA) is 108 Å². The summed E-state index contributed by atoms with van der Waals surface area (Å²) >= 11 is 1.31. The minimum absolute atomic E-state index is 0.000902. The lowest BCUT2D eigenvalue weighted by molar-refractivity contribution is -0.132. The van der Waals surface area contributed by atoms with Crippen molar-refractivity contribution in [3.63, 3.8) is 0 Å². The van der Waals surface area contributed by atoms with Gasteiger partial charge in [0.25, 0.3) is 5.56 Å². The van der Waals surface area contributed by atoms with E-state index < -0.39 is 0 Å². The van der Waals surface area contributed by atoms with E-state index in [4.69, 9.17) is 4.74 Å². The first-order chi connectivity index (χ1) is 13.0. The van der Waals surface area contributed by atoms with E-state index in [-0.39, 0.29) is 48.2 Å². The van der Waals surface area contributed by atoms with Crippen LogP contribution in [0.4, 0.5) is 4.79 Å². The van der Waals surface area contributed by atoms with Crippen molar-refractivity contribution in [1.82, 2.24) is 25.0 Å². The lowest BCUT2D eigenvalue weighted by atomic mass is 10.0. The Labute approximate surface area is 161 Å². The van der Waals surface area contributed by atoms with Crippen LogP contribution >= 0.6 is 11.8 Å². The molecule has 148 valence electrons. The number of carbonyl (C=O) groups is 2. The standard InChI is InChI=1S/C17H25N5O4S/c1-3-12-10-22(17(25)26-12)11-6-8-21(9-7-11)14(23)5-4-13-15(24)18-16(27-2)20-19-13/h11-12H,3-10H2,1-2H3,(H,18,20,24). The lowest BCUT2D eigenvalue weighted by Gasteiger charge is -2.35. The molecule has 2 saturated heterocycles. The molecule has 1 aromatic heterocycles. The van der Waals surface area contributed by atoms with Crippen molar-refractivity contribution in [3.05, 3.63) is 16.0 Å². The molecule has 3 rings (SSSR count). The Kier molecular flexibility index (Phi) is 6.35. The van der Waals surface area contributed by atoms with Gasteiger partial charge >= 0.3 is 6.09 Å². The fourth-order valence-corrected chi connectivity index (χ4v) is 3.78. The number of aryl methyl sites for hydroxylation is 1. The number of nitrogens with one attached hydrogen (secondary N) is 1. The molecule has 1 atom stereocenters. The highest BCUT2D eigenvalue weighted by atomic mass is 32.2. The van der Waals surface area contributed by atoms with Crippen LogP contribution in [0.1, 0.15) is 38.3 Å². The summed E-state index contributed by atoms with van der Waals surface area (Å²) in [5.74, 6) is -0.000902. The van der Waals surface area contributed by atoms with Crippen molar-refractivity contribution in [1.29, 1.82) is 0 Å². The van der Waals surface area contributed by atoms with E-state index in [1.807, 2.05) is 6.92 Å². The van der Waals surface area contributed by atoms with Gasteiger partial charge in [-0.1, -0.05) is 18.7 Å². The number of likely N-dealkylation sites (tertiary alicyclic amines) is 1. The molecule has 1 unspecified atom stereocenters. The van der Waals surface area contributed by atoms with Gasteiger partial charge in [-0.15, -0.1) is 10.2 Å². The molecular weight excluding hydrogens is 370 g/mol. The van der Waals surface area contributed by atoms with Gasteiger partial charge in [0.15, 0.2) is 5.16 Å². The third-order valence-electron chi connectivity index (χ3n) is 5.13. The first kappa shape index (κ1) is 19.7. The Morgan fingerprint density at radius 3 is 2.63 bits per heavy atom. The third kappa shape index (κ3) is 4.60. The molecule has 2 aliphatic rings. The zero-order valence-electron chi connectivity index (χ0n) is 15.6. The zero-order valence-corrected chi connectivity index (χ0v) is 16.5. The highest BCUT2D eigenvalue weighted by Crippen LogP contribution is 2.23. The minimum atomic E-state index is -0.293. The molecule has 9 nitrogen and oxygen atoms in total. The Bertz CT molecular complexity index is 747. The number of amides is 2. The number of rotatable bonds is 6. The Hall–Kier alpha value is -2.10. The maximum absolute atomic E-state index is 12.5. The van der Waals surface area contributed by atoms with Gasteiger partial charge in [0.1, 0.15) is 11.8 Å². The third-order valence-corrected chi connectivity index (χ3v) is 5.70. The first-order valence-electron chi connectivity index (χ1n) is 9.26. The van der Waals surface area contributed by atoms with E-state index in [1.165, 1.54) is 11.8 Å². The second-order valence-corrected chi connectivity index (χ2v) is 7.58. The van der Waals surface area contributed by atoms with E-state index in [0.29, 0.717) is 24.8 Å². The smallest absolute Gasteiger partial charge is 0.410 e. The van der Waals surface area contributed by atoms with Crippen molar-refractivity contribution in [2.45, 2.75) is 56.3 Å². The average Bonchev–Trinajstić information content (AvgIpc) is 3.07. The maximum atomic E-state index is 12.5. The second-order valence-electron chi connectivity index (χ2n) is 6.79. The molecule has 27 heavy (non-hydrogen) atoms. The number of hydrogen-bond donors (Lipinski definition) is 1. The first-order valence-corrected chi connectivity index (χ1v) is 10.5. The van der Waals surface area contributed by atoms with Crippen molar-refractivity contribution >= 4 is 23.8 Å². The molecule has 2 amide bonds. The van der Waals surface area contributed by atoms with Crippen LogP contribution in [0.15, 0.2) is 9.95 Å². The number of ether oxygens (including phenoxy) is 1. The largest absolute Gasteiger partial charge is 0.444 e. The maximum Gasteiger partial charge on any atom is 0.410 e. The van der Waals surface area contributed by atoms with E-state index >= 15 is 0 Å². The van der Waals surface area contributed by atoms with Crippen LogP contribution in [-0.2, 0) is 16.0 Å². The van der Waals surface area contributed by atoms with Gasteiger partial charge in [0, 0.05) is 32.0 Å². The fraction of sp³-hybridized carbons (Fsp3) is 0.706. The van der Waals surface area contributed by atoms with Crippen molar-refractivity contribution in [3.8, 4) is 0 Å². The van der Waals surface area contributed by atoms with Gasteiger partial charge < -0.3 is 14.5 Å². The number of thioether (sulfide) groups is 1. The number of hydrogen-bond acceptors (Lipinski definition) is 7. The highest BCUT2D eigenvalue weighted by molar-refractivity contribution is 7.98. The van der Waals surface area contributed by atoms with Gasteiger partial charge in [-0.2, -0.15) is 0 Å². The molecule has 1 aromatic rings. The van der Waals surface area contributed by atoms with Gasteiger partial charge in [-0.25, -0.2) is 4.79 Å². The summed E-state index contributed by atoms with van der Waals surface area (Å²) in [7, 11) is 0. The van der Waals surface area contributed by atoms with E-state index in [1.54, 1.807) is 16.1 Å². The van der Waals surface area contributed by atoms with E-state index in [2.05, 4.69) is 15.2 Å². The monoisotopic (exact) mass is 395 g/mol. The van der Waals surface area contributed by atoms with Crippen LogP contribution in [0, 0.1) is 0 Å². The number of nitrogens with zero attached hydrogens (tertiary/aromatic N) is 4. The minimum Gasteiger partial charge on any atom is -0.444 e. The second kappa shape index (κ2) is 8.73. The summed E-state index contributed by atoms with van der Waals surface area (Å²) in [4.78, 5) is 42.6. The predicted octanol–water partition coefficient (Wildman–Crippen LogP) is 1.04. The molecule has 2 fully saturated rings. The number of aromatic amines is 1. The van der Waals surface area contributed by atoms with Crippen LogP contribution in [0.2, 0.25) is 0 Å². The number of aromatic nitrogens is 3. The molecule has 0 bridgehead atoms. The van der Waals surface area contributed by atoms with Crippen molar-refractivity contribution in [2.24, 2.45) is 0 Å².